The van der Waals surface area contributed by atoms with Gasteiger partial charge in [-0.3, -0.25) is 4.57 Å². The first-order chi connectivity index (χ1) is 31.2. The van der Waals surface area contributed by atoms with Crippen molar-refractivity contribution in [2.45, 2.75) is 0 Å². The van der Waals surface area contributed by atoms with Gasteiger partial charge in [0.05, 0.1) is 22.1 Å². The highest BCUT2D eigenvalue weighted by Crippen LogP contribution is 2.44. The molecule has 0 atom stereocenters. The van der Waals surface area contributed by atoms with Crippen LogP contribution in [0.3, 0.4) is 0 Å². The molecular formula is C57H35N5O. The highest BCUT2D eigenvalue weighted by molar-refractivity contribution is 6.24. The Balaban J connectivity index is 1.16. The zero-order valence-electron chi connectivity index (χ0n) is 33.9. The van der Waals surface area contributed by atoms with E-state index in [2.05, 4.69) is 179 Å². The summed E-state index contributed by atoms with van der Waals surface area (Å²) >= 11 is 0. The predicted octanol–water partition coefficient (Wildman–Crippen LogP) is 14.6. The molecular weight excluding hydrogens is 771 g/mol. The number of para-hydroxylation sites is 3. The molecule has 6 nitrogen and oxygen atoms in total. The summed E-state index contributed by atoms with van der Waals surface area (Å²) in [6, 6.07) is 74.5. The molecule has 0 radical (unpaired) electrons. The third kappa shape index (κ3) is 5.55. The second-order valence-electron chi connectivity index (χ2n) is 16.0. The molecule has 0 saturated heterocycles. The van der Waals surface area contributed by atoms with E-state index in [4.69, 9.17) is 19.4 Å². The van der Waals surface area contributed by atoms with Gasteiger partial charge in [0, 0.05) is 54.7 Å². The molecule has 0 spiro atoms. The summed E-state index contributed by atoms with van der Waals surface area (Å²) in [7, 11) is 0. The van der Waals surface area contributed by atoms with E-state index in [1.54, 1.807) is 0 Å². The van der Waals surface area contributed by atoms with Crippen molar-refractivity contribution in [2.75, 3.05) is 0 Å². The summed E-state index contributed by atoms with van der Waals surface area (Å²) in [5.41, 5.74) is 13.2. The Labute approximate surface area is 361 Å². The van der Waals surface area contributed by atoms with Gasteiger partial charge in [-0.15, -0.1) is 0 Å². The molecule has 0 aliphatic rings. The van der Waals surface area contributed by atoms with Gasteiger partial charge in [0.2, 0.25) is 5.95 Å². The van der Waals surface area contributed by atoms with Gasteiger partial charge in [0.1, 0.15) is 11.2 Å². The van der Waals surface area contributed by atoms with Crippen molar-refractivity contribution in [3.63, 3.8) is 0 Å². The third-order valence-electron chi connectivity index (χ3n) is 12.4. The maximum atomic E-state index is 6.78. The number of rotatable bonds is 6. The van der Waals surface area contributed by atoms with Crippen LogP contribution in [0.4, 0.5) is 0 Å². The van der Waals surface area contributed by atoms with E-state index in [1.165, 1.54) is 0 Å². The lowest BCUT2D eigenvalue weighted by Crippen LogP contribution is -2.07. The van der Waals surface area contributed by atoms with E-state index < -0.39 is 0 Å². The van der Waals surface area contributed by atoms with Crippen LogP contribution in [-0.4, -0.2) is 24.1 Å². The van der Waals surface area contributed by atoms with Gasteiger partial charge in [-0.1, -0.05) is 176 Å². The second-order valence-corrected chi connectivity index (χ2v) is 16.0. The van der Waals surface area contributed by atoms with Gasteiger partial charge >= 0.3 is 0 Å². The van der Waals surface area contributed by atoms with Crippen molar-refractivity contribution in [3.05, 3.63) is 212 Å². The van der Waals surface area contributed by atoms with Crippen LogP contribution < -0.4 is 0 Å². The van der Waals surface area contributed by atoms with Gasteiger partial charge in [-0.05, 0) is 53.1 Å². The van der Waals surface area contributed by atoms with Crippen LogP contribution in [-0.2, 0) is 0 Å². The fourth-order valence-electron chi connectivity index (χ4n) is 9.53. The fourth-order valence-corrected chi connectivity index (χ4v) is 9.53. The van der Waals surface area contributed by atoms with Crippen LogP contribution in [0.1, 0.15) is 0 Å². The van der Waals surface area contributed by atoms with Gasteiger partial charge < -0.3 is 8.98 Å². The number of aromatic nitrogens is 5. The van der Waals surface area contributed by atoms with Gasteiger partial charge in [0.15, 0.2) is 11.6 Å². The molecule has 13 aromatic rings. The first-order valence-electron chi connectivity index (χ1n) is 21.2. The lowest BCUT2D eigenvalue weighted by atomic mass is 9.97. The summed E-state index contributed by atoms with van der Waals surface area (Å²) in [5, 5.41) is 6.63. The first kappa shape index (κ1) is 35.2. The van der Waals surface area contributed by atoms with Crippen molar-refractivity contribution in [1.82, 2.24) is 24.1 Å². The number of hydrogen-bond acceptors (Lipinski definition) is 4. The summed E-state index contributed by atoms with van der Waals surface area (Å²) < 4.78 is 11.5. The van der Waals surface area contributed by atoms with E-state index in [9.17, 15) is 0 Å². The molecule has 294 valence electrons. The molecule has 0 N–H and O–H groups in total. The smallest absolute Gasteiger partial charge is 0.238 e. The van der Waals surface area contributed by atoms with Gasteiger partial charge in [0.25, 0.3) is 0 Å². The van der Waals surface area contributed by atoms with Crippen molar-refractivity contribution >= 4 is 65.6 Å². The fraction of sp³-hybridized carbons (Fsp3) is 0. The topological polar surface area (TPSA) is 61.7 Å². The summed E-state index contributed by atoms with van der Waals surface area (Å²) in [6.45, 7) is 0. The largest absolute Gasteiger partial charge is 0.455 e. The SMILES string of the molecule is c1ccc(-c2cccc(-c3cc(-n4c5ccccc5c5ccc6c7ccccc7n(-c7nc(-c8ccccc8)nc(-c8ccccc8)n7)c6c54)cc4c3oc3ccccc34)c2)cc1. The minimum Gasteiger partial charge on any atom is -0.455 e. The number of hydrogen-bond donors (Lipinski definition) is 0. The Morgan fingerprint density at radius 3 is 1.49 bits per heavy atom. The molecule has 0 bridgehead atoms. The Hall–Kier alpha value is -8.61. The zero-order valence-corrected chi connectivity index (χ0v) is 33.9. The first-order valence-corrected chi connectivity index (χ1v) is 21.2. The van der Waals surface area contributed by atoms with E-state index in [1.807, 2.05) is 42.5 Å². The van der Waals surface area contributed by atoms with Crippen LogP contribution in [0, 0.1) is 0 Å². The number of furan rings is 1. The molecule has 13 rings (SSSR count). The summed E-state index contributed by atoms with van der Waals surface area (Å²) in [6.07, 6.45) is 0. The third-order valence-corrected chi connectivity index (χ3v) is 12.4. The second kappa shape index (κ2) is 14.0. The molecule has 63 heavy (non-hydrogen) atoms. The molecule has 0 saturated carbocycles. The number of fused-ring (bicyclic) bond motifs is 10. The highest BCUT2D eigenvalue weighted by Gasteiger charge is 2.25. The Kier molecular flexibility index (Phi) is 7.80. The average molecular weight is 806 g/mol. The molecule has 0 aliphatic carbocycles. The summed E-state index contributed by atoms with van der Waals surface area (Å²) in [5.74, 6) is 1.77. The average Bonchev–Trinajstić information content (AvgIpc) is 4.02. The monoisotopic (exact) mass is 805 g/mol. The van der Waals surface area contributed by atoms with E-state index >= 15 is 0 Å². The van der Waals surface area contributed by atoms with Crippen LogP contribution >= 0.6 is 0 Å². The van der Waals surface area contributed by atoms with Gasteiger partial charge in [-0.25, -0.2) is 4.98 Å². The van der Waals surface area contributed by atoms with Crippen molar-refractivity contribution in [1.29, 1.82) is 0 Å². The minimum absolute atomic E-state index is 0.549. The van der Waals surface area contributed by atoms with Crippen LogP contribution in [0.25, 0.3) is 122 Å². The van der Waals surface area contributed by atoms with E-state index in [0.29, 0.717) is 17.6 Å². The molecule has 0 fully saturated rings. The molecule has 9 aromatic carbocycles. The Morgan fingerprint density at radius 1 is 0.333 bits per heavy atom. The van der Waals surface area contributed by atoms with Crippen LogP contribution in [0.5, 0.6) is 0 Å². The summed E-state index contributed by atoms with van der Waals surface area (Å²) in [4.78, 5) is 15.7. The van der Waals surface area contributed by atoms with E-state index in [-0.39, 0.29) is 0 Å². The molecule has 0 amide bonds. The number of nitrogens with zero attached hydrogens (tertiary/aromatic N) is 5. The van der Waals surface area contributed by atoms with E-state index in [0.717, 1.165) is 105 Å². The normalized spacial score (nSPS) is 11.8. The van der Waals surface area contributed by atoms with Gasteiger partial charge in [-0.2, -0.15) is 9.97 Å². The molecule has 6 heteroatoms. The van der Waals surface area contributed by atoms with Crippen molar-refractivity contribution < 1.29 is 4.42 Å². The molecule has 4 heterocycles. The molecule has 4 aromatic heterocycles. The standard InChI is InChI=1S/C57H35N5O/c1-4-17-36(18-5-1)39-23-16-24-40(33-39)47-34-41(35-48-44-27-12-15-30-51(44)63-54(47)48)61-49-28-13-10-25-42(49)45-31-32-46-43-26-11-14-29-50(43)62(53(46)52(45)61)57-59-55(37-19-6-2-7-20-37)58-56(60-57)38-21-8-3-9-22-38/h1-35H. The van der Waals surface area contributed by atoms with Crippen molar-refractivity contribution in [2.24, 2.45) is 0 Å². The minimum atomic E-state index is 0.549. The number of benzene rings is 9. The molecule has 0 unspecified atom stereocenters. The lowest BCUT2D eigenvalue weighted by Gasteiger charge is -2.15. The van der Waals surface area contributed by atoms with Crippen LogP contribution in [0.15, 0.2) is 217 Å². The zero-order chi connectivity index (χ0) is 41.4. The quantitative estimate of drug-likeness (QED) is 0.168. The van der Waals surface area contributed by atoms with Crippen molar-refractivity contribution in [3.8, 4) is 56.7 Å². The lowest BCUT2D eigenvalue weighted by molar-refractivity contribution is 0.670. The molecule has 0 aliphatic heterocycles. The predicted molar refractivity (Wildman–Crippen MR) is 258 cm³/mol. The Morgan fingerprint density at radius 2 is 0.841 bits per heavy atom. The Bertz CT molecular complexity index is 3850. The van der Waals surface area contributed by atoms with Crippen LogP contribution in [0.2, 0.25) is 0 Å². The maximum Gasteiger partial charge on any atom is 0.238 e. The highest BCUT2D eigenvalue weighted by atomic mass is 16.3. The maximum absolute atomic E-state index is 6.78.